The quantitative estimate of drug-likeness (QED) is 0.848. The Morgan fingerprint density at radius 1 is 1.62 bits per heavy atom. The molecule has 1 aromatic rings. The standard InChI is InChI=1S/C12H18FN3/c1-8(9-3-4-9)16(2)12-10(6-14)5-11(13)7-15-12/h5,7-9H,3-4,6,14H2,1-2H3. The molecule has 1 heterocycles. The maximum atomic E-state index is 13.0. The van der Waals surface area contributed by atoms with Gasteiger partial charge in [-0.3, -0.25) is 0 Å². The minimum atomic E-state index is -0.323. The minimum Gasteiger partial charge on any atom is -0.356 e. The van der Waals surface area contributed by atoms with Crippen LogP contribution in [-0.4, -0.2) is 18.1 Å². The zero-order valence-electron chi connectivity index (χ0n) is 9.78. The van der Waals surface area contributed by atoms with Crippen LogP contribution in [0, 0.1) is 11.7 Å². The largest absolute Gasteiger partial charge is 0.356 e. The Hall–Kier alpha value is -1.16. The van der Waals surface area contributed by atoms with Crippen LogP contribution in [0.1, 0.15) is 25.3 Å². The molecule has 2 rings (SSSR count). The van der Waals surface area contributed by atoms with E-state index in [2.05, 4.69) is 16.8 Å². The lowest BCUT2D eigenvalue weighted by atomic mass is 10.1. The van der Waals surface area contributed by atoms with Gasteiger partial charge < -0.3 is 10.6 Å². The molecule has 1 aliphatic rings. The van der Waals surface area contributed by atoms with Crippen molar-refractivity contribution in [3.63, 3.8) is 0 Å². The highest BCUT2D eigenvalue weighted by Crippen LogP contribution is 2.36. The molecule has 16 heavy (non-hydrogen) atoms. The second kappa shape index (κ2) is 4.37. The van der Waals surface area contributed by atoms with Gasteiger partial charge in [0.15, 0.2) is 0 Å². The molecule has 4 heteroatoms. The molecule has 0 aliphatic heterocycles. The Kier molecular flexibility index (Phi) is 3.10. The van der Waals surface area contributed by atoms with E-state index in [9.17, 15) is 4.39 Å². The van der Waals surface area contributed by atoms with Gasteiger partial charge in [0.05, 0.1) is 6.20 Å². The van der Waals surface area contributed by atoms with Gasteiger partial charge in [0.2, 0.25) is 0 Å². The number of hydrogen-bond donors (Lipinski definition) is 1. The lowest BCUT2D eigenvalue weighted by Crippen LogP contribution is -2.32. The Bertz CT molecular complexity index is 377. The zero-order valence-corrected chi connectivity index (χ0v) is 9.78. The fraction of sp³-hybridized carbons (Fsp3) is 0.583. The fourth-order valence-electron chi connectivity index (χ4n) is 2.03. The van der Waals surface area contributed by atoms with E-state index >= 15 is 0 Å². The highest BCUT2D eigenvalue weighted by atomic mass is 19.1. The fourth-order valence-corrected chi connectivity index (χ4v) is 2.03. The van der Waals surface area contributed by atoms with Crippen LogP contribution in [0.3, 0.4) is 0 Å². The van der Waals surface area contributed by atoms with Crippen LogP contribution in [0.2, 0.25) is 0 Å². The average molecular weight is 223 g/mol. The van der Waals surface area contributed by atoms with E-state index in [1.165, 1.54) is 25.1 Å². The van der Waals surface area contributed by atoms with Gasteiger partial charge in [-0.05, 0) is 31.7 Å². The van der Waals surface area contributed by atoms with Gasteiger partial charge in [-0.2, -0.15) is 0 Å². The topological polar surface area (TPSA) is 42.2 Å². The number of halogens is 1. The van der Waals surface area contributed by atoms with Crippen molar-refractivity contribution >= 4 is 5.82 Å². The van der Waals surface area contributed by atoms with E-state index in [0.29, 0.717) is 12.6 Å². The van der Waals surface area contributed by atoms with Crippen molar-refractivity contribution in [3.05, 3.63) is 23.6 Å². The summed E-state index contributed by atoms with van der Waals surface area (Å²) in [5, 5.41) is 0. The Labute approximate surface area is 95.5 Å². The van der Waals surface area contributed by atoms with Gasteiger partial charge in [-0.25, -0.2) is 9.37 Å². The molecule has 1 fully saturated rings. The molecule has 0 radical (unpaired) electrons. The molecule has 2 N–H and O–H groups in total. The van der Waals surface area contributed by atoms with E-state index in [0.717, 1.165) is 17.3 Å². The summed E-state index contributed by atoms with van der Waals surface area (Å²) in [6.45, 7) is 2.50. The van der Waals surface area contributed by atoms with Gasteiger partial charge in [0.1, 0.15) is 11.6 Å². The molecule has 0 amide bonds. The van der Waals surface area contributed by atoms with Crippen molar-refractivity contribution in [2.75, 3.05) is 11.9 Å². The zero-order chi connectivity index (χ0) is 11.7. The predicted molar refractivity (Wildman–Crippen MR) is 62.7 cm³/mol. The molecule has 1 aliphatic carbocycles. The number of anilines is 1. The van der Waals surface area contributed by atoms with Gasteiger partial charge in [0, 0.05) is 25.2 Å². The first-order valence-corrected chi connectivity index (χ1v) is 5.70. The van der Waals surface area contributed by atoms with Crippen LogP contribution >= 0.6 is 0 Å². The number of aromatic nitrogens is 1. The molecule has 0 saturated heterocycles. The third-order valence-electron chi connectivity index (χ3n) is 3.38. The SMILES string of the molecule is CC(C1CC1)N(C)c1ncc(F)cc1CN. The van der Waals surface area contributed by atoms with Crippen molar-refractivity contribution in [2.24, 2.45) is 11.7 Å². The summed E-state index contributed by atoms with van der Waals surface area (Å²) < 4.78 is 13.0. The Morgan fingerprint density at radius 2 is 2.31 bits per heavy atom. The van der Waals surface area contributed by atoms with Gasteiger partial charge in [-0.1, -0.05) is 0 Å². The van der Waals surface area contributed by atoms with Crippen LogP contribution in [0.25, 0.3) is 0 Å². The molecule has 1 saturated carbocycles. The molecular formula is C12H18FN3. The van der Waals surface area contributed by atoms with Crippen LogP contribution < -0.4 is 10.6 Å². The monoisotopic (exact) mass is 223 g/mol. The van der Waals surface area contributed by atoms with E-state index < -0.39 is 0 Å². The van der Waals surface area contributed by atoms with Gasteiger partial charge in [-0.15, -0.1) is 0 Å². The van der Waals surface area contributed by atoms with E-state index in [4.69, 9.17) is 5.73 Å². The Balaban J connectivity index is 2.23. The summed E-state index contributed by atoms with van der Waals surface area (Å²) in [7, 11) is 2.00. The second-order valence-corrected chi connectivity index (χ2v) is 4.53. The first kappa shape index (κ1) is 11.3. The molecule has 3 nitrogen and oxygen atoms in total. The molecule has 1 atom stereocenters. The minimum absolute atomic E-state index is 0.321. The normalized spacial score (nSPS) is 17.2. The molecule has 0 aromatic carbocycles. The molecule has 1 unspecified atom stereocenters. The summed E-state index contributed by atoms with van der Waals surface area (Å²) in [5.74, 6) is 1.24. The highest BCUT2D eigenvalue weighted by Gasteiger charge is 2.31. The summed E-state index contributed by atoms with van der Waals surface area (Å²) in [6, 6.07) is 1.92. The maximum Gasteiger partial charge on any atom is 0.141 e. The first-order chi connectivity index (χ1) is 7.63. The summed E-state index contributed by atoms with van der Waals surface area (Å²) in [6.07, 6.45) is 3.82. The van der Waals surface area contributed by atoms with E-state index in [1.54, 1.807) is 0 Å². The second-order valence-electron chi connectivity index (χ2n) is 4.53. The number of rotatable bonds is 4. The van der Waals surface area contributed by atoms with E-state index in [1.807, 2.05) is 7.05 Å². The summed E-state index contributed by atoms with van der Waals surface area (Å²) >= 11 is 0. The van der Waals surface area contributed by atoms with Gasteiger partial charge in [0.25, 0.3) is 0 Å². The molecule has 0 spiro atoms. The van der Waals surface area contributed by atoms with Crippen molar-refractivity contribution in [2.45, 2.75) is 32.4 Å². The van der Waals surface area contributed by atoms with Crippen molar-refractivity contribution in [1.82, 2.24) is 4.98 Å². The summed E-state index contributed by atoms with van der Waals surface area (Å²) in [4.78, 5) is 6.26. The van der Waals surface area contributed by atoms with Gasteiger partial charge >= 0.3 is 0 Å². The average Bonchev–Trinajstić information content (AvgIpc) is 3.10. The van der Waals surface area contributed by atoms with E-state index in [-0.39, 0.29) is 5.82 Å². The van der Waals surface area contributed by atoms with Crippen molar-refractivity contribution in [3.8, 4) is 0 Å². The third-order valence-corrected chi connectivity index (χ3v) is 3.38. The van der Waals surface area contributed by atoms with Crippen LogP contribution in [-0.2, 0) is 6.54 Å². The van der Waals surface area contributed by atoms with Crippen LogP contribution in [0.4, 0.5) is 10.2 Å². The maximum absolute atomic E-state index is 13.0. The Morgan fingerprint density at radius 3 is 2.88 bits per heavy atom. The summed E-state index contributed by atoms with van der Waals surface area (Å²) in [5.41, 5.74) is 6.39. The lowest BCUT2D eigenvalue weighted by molar-refractivity contribution is 0.592. The van der Waals surface area contributed by atoms with Crippen molar-refractivity contribution in [1.29, 1.82) is 0 Å². The molecule has 1 aromatic heterocycles. The first-order valence-electron chi connectivity index (χ1n) is 5.70. The van der Waals surface area contributed by atoms with Crippen LogP contribution in [0.15, 0.2) is 12.3 Å². The molecule has 88 valence electrons. The lowest BCUT2D eigenvalue weighted by Gasteiger charge is -2.27. The number of nitrogens with zero attached hydrogens (tertiary/aromatic N) is 2. The smallest absolute Gasteiger partial charge is 0.141 e. The number of hydrogen-bond acceptors (Lipinski definition) is 3. The highest BCUT2D eigenvalue weighted by molar-refractivity contribution is 5.47. The molecule has 0 bridgehead atoms. The van der Waals surface area contributed by atoms with Crippen molar-refractivity contribution < 1.29 is 4.39 Å². The molecular weight excluding hydrogens is 205 g/mol. The number of pyridine rings is 1. The predicted octanol–water partition coefficient (Wildman–Crippen LogP) is 1.91. The van der Waals surface area contributed by atoms with Crippen LogP contribution in [0.5, 0.6) is 0 Å². The number of nitrogens with two attached hydrogens (primary N) is 1. The third kappa shape index (κ3) is 2.16.